The summed E-state index contributed by atoms with van der Waals surface area (Å²) in [5, 5.41) is 4.98. The van der Waals surface area contributed by atoms with E-state index in [-0.39, 0.29) is 5.41 Å². The van der Waals surface area contributed by atoms with E-state index in [0.29, 0.717) is 0 Å². The lowest BCUT2D eigenvalue weighted by atomic mass is 9.82. The standard InChI is InChI=1S/C63H44N2/c1-63(2)55-26-14-12-23-49(55)52-40-47(32-33-56(52)63)64-60-36-31-46(39-54(60)62-48(25-16-28-61(62)64)42-19-8-4-9-20-42)45-30-35-59-53(38-45)50-24-13-15-27-57(50)65(59)58-34-29-44(41-17-6-3-7-18-41)37-51(58)43-21-10-5-11-22-43/h3-40H,1-2H3. The number of hydrogen-bond donors (Lipinski definition) is 0. The van der Waals surface area contributed by atoms with Crippen LogP contribution in [0, 0.1) is 0 Å². The van der Waals surface area contributed by atoms with Crippen LogP contribution in [0.1, 0.15) is 25.0 Å². The van der Waals surface area contributed by atoms with Crippen LogP contribution in [0.25, 0.3) is 111 Å². The minimum absolute atomic E-state index is 0.0504. The van der Waals surface area contributed by atoms with E-state index >= 15 is 0 Å². The molecule has 0 N–H and O–H groups in total. The molecule has 0 atom stereocenters. The second-order valence-electron chi connectivity index (χ2n) is 18.1. The molecule has 10 aromatic carbocycles. The van der Waals surface area contributed by atoms with Gasteiger partial charge in [-0.3, -0.25) is 0 Å². The van der Waals surface area contributed by atoms with Crippen molar-refractivity contribution in [2.45, 2.75) is 19.3 Å². The first kappa shape index (κ1) is 37.4. The fourth-order valence-electron chi connectivity index (χ4n) is 11.0. The molecule has 0 fully saturated rings. The van der Waals surface area contributed by atoms with Gasteiger partial charge in [-0.05, 0) is 122 Å². The Morgan fingerprint density at radius 3 is 1.58 bits per heavy atom. The summed E-state index contributed by atoms with van der Waals surface area (Å²) < 4.78 is 4.95. The zero-order valence-electron chi connectivity index (χ0n) is 36.3. The zero-order chi connectivity index (χ0) is 43.2. The molecule has 13 rings (SSSR count). The van der Waals surface area contributed by atoms with Crippen molar-refractivity contribution in [3.8, 4) is 67.0 Å². The normalized spacial score (nSPS) is 12.9. The first-order chi connectivity index (χ1) is 32.0. The minimum Gasteiger partial charge on any atom is -0.309 e. The molecule has 0 saturated carbocycles. The van der Waals surface area contributed by atoms with Crippen molar-refractivity contribution in [3.63, 3.8) is 0 Å². The van der Waals surface area contributed by atoms with Crippen LogP contribution in [-0.4, -0.2) is 9.13 Å². The largest absolute Gasteiger partial charge is 0.309 e. The maximum atomic E-state index is 2.49. The molecule has 65 heavy (non-hydrogen) atoms. The summed E-state index contributed by atoms with van der Waals surface area (Å²) in [6.07, 6.45) is 0. The Kier molecular flexibility index (Phi) is 8.29. The third-order valence-corrected chi connectivity index (χ3v) is 14.1. The predicted octanol–water partition coefficient (Wildman–Crippen LogP) is 16.9. The molecule has 2 aromatic heterocycles. The maximum Gasteiger partial charge on any atom is 0.0547 e. The Labute approximate surface area is 378 Å². The molecule has 0 aliphatic heterocycles. The topological polar surface area (TPSA) is 9.86 Å². The Morgan fingerprint density at radius 1 is 0.292 bits per heavy atom. The van der Waals surface area contributed by atoms with Gasteiger partial charge in [0.2, 0.25) is 0 Å². The highest BCUT2D eigenvalue weighted by molar-refractivity contribution is 6.17. The lowest BCUT2D eigenvalue weighted by Gasteiger charge is -2.21. The minimum atomic E-state index is -0.0504. The van der Waals surface area contributed by atoms with Gasteiger partial charge in [-0.25, -0.2) is 0 Å². The maximum absolute atomic E-state index is 2.49. The predicted molar refractivity (Wildman–Crippen MR) is 274 cm³/mol. The molecule has 0 radical (unpaired) electrons. The lowest BCUT2D eigenvalue weighted by Crippen LogP contribution is -2.14. The number of fused-ring (bicyclic) bond motifs is 9. The summed E-state index contributed by atoms with van der Waals surface area (Å²) in [5.41, 5.74) is 22.1. The van der Waals surface area contributed by atoms with Crippen molar-refractivity contribution in [1.82, 2.24) is 9.13 Å². The van der Waals surface area contributed by atoms with E-state index in [2.05, 4.69) is 254 Å². The zero-order valence-corrected chi connectivity index (χ0v) is 36.3. The number of nitrogens with zero attached hydrogens (tertiary/aromatic N) is 2. The van der Waals surface area contributed by atoms with Crippen molar-refractivity contribution in [2.75, 3.05) is 0 Å². The van der Waals surface area contributed by atoms with Gasteiger partial charge in [0.15, 0.2) is 0 Å². The lowest BCUT2D eigenvalue weighted by molar-refractivity contribution is 0.660. The molecule has 306 valence electrons. The van der Waals surface area contributed by atoms with Crippen LogP contribution in [0.4, 0.5) is 0 Å². The van der Waals surface area contributed by atoms with E-state index in [1.165, 1.54) is 116 Å². The highest BCUT2D eigenvalue weighted by atomic mass is 15.0. The fraction of sp³-hybridized carbons (Fsp3) is 0.0476. The molecule has 0 spiro atoms. The van der Waals surface area contributed by atoms with Gasteiger partial charge in [0.05, 0.1) is 27.8 Å². The van der Waals surface area contributed by atoms with E-state index in [0.717, 1.165) is 5.69 Å². The molecule has 2 nitrogen and oxygen atoms in total. The summed E-state index contributed by atoms with van der Waals surface area (Å²) in [6, 6.07) is 85.1. The average Bonchev–Trinajstić information content (AvgIpc) is 3.96. The van der Waals surface area contributed by atoms with Crippen molar-refractivity contribution in [3.05, 3.63) is 242 Å². The monoisotopic (exact) mass is 828 g/mol. The summed E-state index contributed by atoms with van der Waals surface area (Å²) in [5.74, 6) is 0. The van der Waals surface area contributed by atoms with Crippen molar-refractivity contribution in [1.29, 1.82) is 0 Å². The Hall–Kier alpha value is -8.20. The quantitative estimate of drug-likeness (QED) is 0.158. The smallest absolute Gasteiger partial charge is 0.0547 e. The number of benzene rings is 10. The fourth-order valence-corrected chi connectivity index (χ4v) is 11.0. The molecule has 12 aromatic rings. The van der Waals surface area contributed by atoms with Crippen molar-refractivity contribution < 1.29 is 0 Å². The van der Waals surface area contributed by atoms with Crippen molar-refractivity contribution >= 4 is 43.6 Å². The Balaban J connectivity index is 1.01. The molecular formula is C63H44N2. The van der Waals surface area contributed by atoms with Crippen LogP contribution < -0.4 is 0 Å². The van der Waals surface area contributed by atoms with Crippen LogP contribution in [0.5, 0.6) is 0 Å². The van der Waals surface area contributed by atoms with E-state index < -0.39 is 0 Å². The van der Waals surface area contributed by atoms with Gasteiger partial charge in [0.1, 0.15) is 0 Å². The number of rotatable bonds is 6. The molecule has 2 heteroatoms. The van der Waals surface area contributed by atoms with Gasteiger partial charge < -0.3 is 9.13 Å². The first-order valence-corrected chi connectivity index (χ1v) is 22.7. The van der Waals surface area contributed by atoms with Gasteiger partial charge in [-0.2, -0.15) is 0 Å². The molecular weight excluding hydrogens is 785 g/mol. The SMILES string of the molecule is CC1(C)c2ccccc2-c2cc(-n3c4ccc(-c5ccc6c(c5)c5ccccc5n6-c5ccc(-c6ccccc6)cc5-c5ccccc5)cc4c4c(-c5ccccc5)cccc43)ccc21. The summed E-state index contributed by atoms with van der Waals surface area (Å²) in [4.78, 5) is 0. The third kappa shape index (κ3) is 5.74. The van der Waals surface area contributed by atoms with Gasteiger partial charge in [-0.1, -0.05) is 184 Å². The second kappa shape index (κ2) is 14.4. The van der Waals surface area contributed by atoms with Gasteiger partial charge in [0.25, 0.3) is 0 Å². The molecule has 0 saturated heterocycles. The molecule has 0 unspecified atom stereocenters. The average molecular weight is 829 g/mol. The number of para-hydroxylation sites is 1. The van der Waals surface area contributed by atoms with Gasteiger partial charge in [-0.15, -0.1) is 0 Å². The number of hydrogen-bond acceptors (Lipinski definition) is 0. The van der Waals surface area contributed by atoms with E-state index in [1.54, 1.807) is 0 Å². The Bertz CT molecular complexity index is 3830. The van der Waals surface area contributed by atoms with Crippen LogP contribution in [0.15, 0.2) is 231 Å². The summed E-state index contributed by atoms with van der Waals surface area (Å²) in [7, 11) is 0. The summed E-state index contributed by atoms with van der Waals surface area (Å²) in [6.45, 7) is 4.71. The van der Waals surface area contributed by atoms with Gasteiger partial charge in [0, 0.05) is 38.2 Å². The summed E-state index contributed by atoms with van der Waals surface area (Å²) >= 11 is 0. The van der Waals surface area contributed by atoms with E-state index in [4.69, 9.17) is 0 Å². The highest BCUT2D eigenvalue weighted by Gasteiger charge is 2.35. The molecule has 1 aliphatic carbocycles. The van der Waals surface area contributed by atoms with Crippen molar-refractivity contribution in [2.24, 2.45) is 0 Å². The molecule has 1 aliphatic rings. The Morgan fingerprint density at radius 2 is 0.831 bits per heavy atom. The molecule has 2 heterocycles. The van der Waals surface area contributed by atoms with Gasteiger partial charge >= 0.3 is 0 Å². The van der Waals surface area contributed by atoms with Crippen LogP contribution in [0.3, 0.4) is 0 Å². The van der Waals surface area contributed by atoms with E-state index in [1.807, 2.05) is 0 Å². The van der Waals surface area contributed by atoms with Crippen LogP contribution in [0.2, 0.25) is 0 Å². The first-order valence-electron chi connectivity index (χ1n) is 22.7. The number of aromatic nitrogens is 2. The molecule has 0 bridgehead atoms. The third-order valence-electron chi connectivity index (χ3n) is 14.1. The second-order valence-corrected chi connectivity index (χ2v) is 18.1. The van der Waals surface area contributed by atoms with Crippen LogP contribution >= 0.6 is 0 Å². The van der Waals surface area contributed by atoms with E-state index in [9.17, 15) is 0 Å². The van der Waals surface area contributed by atoms with Crippen LogP contribution in [-0.2, 0) is 5.41 Å². The highest BCUT2D eigenvalue weighted by Crippen LogP contribution is 2.50. The molecule has 0 amide bonds.